The molecule has 0 radical (unpaired) electrons. The van der Waals surface area contributed by atoms with Crippen molar-refractivity contribution in [3.63, 3.8) is 0 Å². The molecule has 0 bridgehead atoms. The Bertz CT molecular complexity index is 242. The Morgan fingerprint density at radius 2 is 1.79 bits per heavy atom. The first-order valence-electron chi connectivity index (χ1n) is 7.47. The van der Waals surface area contributed by atoms with Crippen LogP contribution in [0.2, 0.25) is 0 Å². The average Bonchev–Trinajstić information content (AvgIpc) is 2.31. The molecule has 4 nitrogen and oxygen atoms in total. The van der Waals surface area contributed by atoms with E-state index in [4.69, 9.17) is 4.74 Å². The van der Waals surface area contributed by atoms with Gasteiger partial charge >= 0.3 is 5.97 Å². The van der Waals surface area contributed by atoms with Crippen molar-refractivity contribution in [2.24, 2.45) is 5.92 Å². The molecule has 0 saturated heterocycles. The van der Waals surface area contributed by atoms with Gasteiger partial charge in [-0.3, -0.25) is 9.69 Å². The lowest BCUT2D eigenvalue weighted by Gasteiger charge is -2.32. The molecule has 0 amide bonds. The van der Waals surface area contributed by atoms with Gasteiger partial charge < -0.3 is 9.64 Å². The predicted molar refractivity (Wildman–Crippen MR) is 80.3 cm³/mol. The fourth-order valence-electron chi connectivity index (χ4n) is 2.13. The summed E-state index contributed by atoms with van der Waals surface area (Å²) in [7, 11) is 4.12. The van der Waals surface area contributed by atoms with Gasteiger partial charge in [-0.25, -0.2) is 0 Å². The number of carbonyl (C=O) groups is 1. The fourth-order valence-corrected chi connectivity index (χ4v) is 2.13. The number of esters is 1. The van der Waals surface area contributed by atoms with E-state index in [-0.39, 0.29) is 12.0 Å². The number of ether oxygens (including phenoxy) is 1. The SMILES string of the molecule is CCCC(C(=O)OCC)N(CCN(C)C)CC(C)C. The lowest BCUT2D eigenvalue weighted by Crippen LogP contribution is -2.46. The van der Waals surface area contributed by atoms with Crippen molar-refractivity contribution in [3.05, 3.63) is 0 Å². The average molecular weight is 272 g/mol. The number of rotatable bonds is 10. The van der Waals surface area contributed by atoms with Crippen LogP contribution in [-0.4, -0.2) is 62.1 Å². The van der Waals surface area contributed by atoms with Crippen LogP contribution in [-0.2, 0) is 9.53 Å². The van der Waals surface area contributed by atoms with Crippen LogP contribution in [0.3, 0.4) is 0 Å². The zero-order chi connectivity index (χ0) is 14.8. The Morgan fingerprint density at radius 1 is 1.16 bits per heavy atom. The largest absolute Gasteiger partial charge is 0.465 e. The first-order chi connectivity index (χ1) is 8.92. The van der Waals surface area contributed by atoms with Crippen molar-refractivity contribution in [3.8, 4) is 0 Å². The van der Waals surface area contributed by atoms with Gasteiger partial charge in [-0.1, -0.05) is 27.2 Å². The van der Waals surface area contributed by atoms with Gasteiger partial charge in [-0.15, -0.1) is 0 Å². The molecule has 0 saturated carbocycles. The molecule has 0 aromatic rings. The second-order valence-electron chi connectivity index (χ2n) is 5.75. The maximum Gasteiger partial charge on any atom is 0.323 e. The summed E-state index contributed by atoms with van der Waals surface area (Å²) < 4.78 is 5.23. The third-order valence-corrected chi connectivity index (χ3v) is 3.00. The van der Waals surface area contributed by atoms with Gasteiger partial charge in [0.1, 0.15) is 6.04 Å². The van der Waals surface area contributed by atoms with E-state index in [0.29, 0.717) is 12.5 Å². The maximum absolute atomic E-state index is 12.1. The maximum atomic E-state index is 12.1. The summed E-state index contributed by atoms with van der Waals surface area (Å²) in [6.07, 6.45) is 1.87. The molecule has 0 rings (SSSR count). The van der Waals surface area contributed by atoms with Gasteiger partial charge in [-0.05, 0) is 33.4 Å². The third-order valence-electron chi connectivity index (χ3n) is 3.00. The smallest absolute Gasteiger partial charge is 0.323 e. The van der Waals surface area contributed by atoms with Crippen LogP contribution in [0.15, 0.2) is 0 Å². The molecule has 0 fully saturated rings. The van der Waals surface area contributed by atoms with Crippen LogP contribution in [0.5, 0.6) is 0 Å². The van der Waals surface area contributed by atoms with E-state index >= 15 is 0 Å². The minimum Gasteiger partial charge on any atom is -0.465 e. The summed E-state index contributed by atoms with van der Waals surface area (Å²) >= 11 is 0. The molecule has 1 unspecified atom stereocenters. The van der Waals surface area contributed by atoms with E-state index in [1.807, 2.05) is 6.92 Å². The Balaban J connectivity index is 4.73. The zero-order valence-corrected chi connectivity index (χ0v) is 13.6. The fraction of sp³-hybridized carbons (Fsp3) is 0.933. The number of nitrogens with zero attached hydrogens (tertiary/aromatic N) is 2. The summed E-state index contributed by atoms with van der Waals surface area (Å²) in [6.45, 7) is 11.6. The van der Waals surface area contributed by atoms with Gasteiger partial charge in [0.25, 0.3) is 0 Å². The van der Waals surface area contributed by atoms with Crippen molar-refractivity contribution in [2.45, 2.75) is 46.6 Å². The molecular formula is C15H32N2O2. The topological polar surface area (TPSA) is 32.8 Å². The van der Waals surface area contributed by atoms with Gasteiger partial charge in [0.05, 0.1) is 6.61 Å². The van der Waals surface area contributed by atoms with Crippen LogP contribution < -0.4 is 0 Å². The van der Waals surface area contributed by atoms with Gasteiger partial charge in [-0.2, -0.15) is 0 Å². The van der Waals surface area contributed by atoms with E-state index in [1.165, 1.54) is 0 Å². The minimum atomic E-state index is -0.0905. The van der Waals surface area contributed by atoms with E-state index in [1.54, 1.807) is 0 Å². The molecule has 114 valence electrons. The van der Waals surface area contributed by atoms with Crippen molar-refractivity contribution < 1.29 is 9.53 Å². The molecule has 0 heterocycles. The highest BCUT2D eigenvalue weighted by atomic mass is 16.5. The summed E-state index contributed by atoms with van der Waals surface area (Å²) in [5, 5.41) is 0. The first kappa shape index (κ1) is 18.4. The highest BCUT2D eigenvalue weighted by molar-refractivity contribution is 5.75. The van der Waals surface area contributed by atoms with E-state index < -0.39 is 0 Å². The van der Waals surface area contributed by atoms with Gasteiger partial charge in [0.2, 0.25) is 0 Å². The first-order valence-corrected chi connectivity index (χ1v) is 7.47. The number of hydrogen-bond donors (Lipinski definition) is 0. The van der Waals surface area contributed by atoms with Crippen LogP contribution in [0.1, 0.15) is 40.5 Å². The molecule has 4 heteroatoms. The Kier molecular flexibility index (Phi) is 9.88. The summed E-state index contributed by atoms with van der Waals surface area (Å²) in [6, 6.07) is -0.0905. The summed E-state index contributed by atoms with van der Waals surface area (Å²) in [5.41, 5.74) is 0. The molecule has 19 heavy (non-hydrogen) atoms. The lowest BCUT2D eigenvalue weighted by molar-refractivity contribution is -0.150. The normalized spacial score (nSPS) is 13.3. The zero-order valence-electron chi connectivity index (χ0n) is 13.6. The third kappa shape index (κ3) is 8.22. The summed E-state index contributed by atoms with van der Waals surface area (Å²) in [4.78, 5) is 16.6. The monoisotopic (exact) mass is 272 g/mol. The molecule has 0 aliphatic carbocycles. The molecule has 1 atom stereocenters. The predicted octanol–water partition coefficient (Wildman–Crippen LogP) is 2.24. The highest BCUT2D eigenvalue weighted by Gasteiger charge is 2.26. The second kappa shape index (κ2) is 10.2. The number of carbonyl (C=O) groups excluding carboxylic acids is 1. The quantitative estimate of drug-likeness (QED) is 0.571. The Hall–Kier alpha value is -0.610. The van der Waals surface area contributed by atoms with Crippen molar-refractivity contribution in [1.29, 1.82) is 0 Å². The number of likely N-dealkylation sites (N-methyl/N-ethyl adjacent to an activating group) is 1. The van der Waals surface area contributed by atoms with E-state index in [0.717, 1.165) is 32.5 Å². The second-order valence-corrected chi connectivity index (χ2v) is 5.75. The molecule has 0 N–H and O–H groups in total. The Morgan fingerprint density at radius 3 is 2.21 bits per heavy atom. The van der Waals surface area contributed by atoms with E-state index in [2.05, 4.69) is 44.7 Å². The molecule has 0 aliphatic heterocycles. The van der Waals surface area contributed by atoms with Crippen molar-refractivity contribution in [2.75, 3.05) is 40.3 Å². The lowest BCUT2D eigenvalue weighted by atomic mass is 10.1. The number of hydrogen-bond acceptors (Lipinski definition) is 4. The van der Waals surface area contributed by atoms with Crippen LogP contribution in [0, 0.1) is 5.92 Å². The van der Waals surface area contributed by atoms with Crippen LogP contribution in [0.25, 0.3) is 0 Å². The molecular weight excluding hydrogens is 240 g/mol. The van der Waals surface area contributed by atoms with Crippen LogP contribution in [0.4, 0.5) is 0 Å². The highest BCUT2D eigenvalue weighted by Crippen LogP contribution is 2.12. The molecule has 0 spiro atoms. The van der Waals surface area contributed by atoms with Gasteiger partial charge in [0, 0.05) is 19.6 Å². The van der Waals surface area contributed by atoms with E-state index in [9.17, 15) is 4.79 Å². The molecule has 0 aromatic heterocycles. The summed E-state index contributed by atoms with van der Waals surface area (Å²) in [5.74, 6) is 0.486. The van der Waals surface area contributed by atoms with Gasteiger partial charge in [0.15, 0.2) is 0 Å². The molecule has 0 aliphatic rings. The van der Waals surface area contributed by atoms with Crippen molar-refractivity contribution in [1.82, 2.24) is 9.80 Å². The molecule has 0 aromatic carbocycles. The minimum absolute atomic E-state index is 0.0660. The van der Waals surface area contributed by atoms with Crippen molar-refractivity contribution >= 4 is 5.97 Å². The standard InChI is InChI=1S/C15H32N2O2/c1-7-9-14(15(18)19-8-2)17(12-13(3)4)11-10-16(5)6/h13-14H,7-12H2,1-6H3. The Labute approximate surface area is 119 Å². The van der Waals surface area contributed by atoms with Crippen LogP contribution >= 0.6 is 0 Å².